The van der Waals surface area contributed by atoms with Crippen LogP contribution in [0.2, 0.25) is 0 Å². The van der Waals surface area contributed by atoms with E-state index in [1.54, 1.807) is 11.8 Å². The summed E-state index contributed by atoms with van der Waals surface area (Å²) in [5, 5.41) is 3.73. The smallest absolute Gasteiger partial charge is 0.255 e. The second-order valence-corrected chi connectivity index (χ2v) is 10.6. The minimum Gasteiger partial charge on any atom is -0.341 e. The molecule has 3 aromatic rings. The van der Waals surface area contributed by atoms with Crippen LogP contribution in [0, 0.1) is 6.92 Å². The number of rotatable bonds is 7. The number of anilines is 3. The minimum absolute atomic E-state index is 0.104. The molecule has 1 amide bonds. The molecule has 0 aliphatic carbocycles. The topological polar surface area (TPSA) is 74.2 Å². The molecule has 0 saturated carbocycles. The first-order valence-corrected chi connectivity index (χ1v) is 14.0. The van der Waals surface area contributed by atoms with Gasteiger partial charge in [0, 0.05) is 43.2 Å². The Morgan fingerprint density at radius 1 is 0.778 bits per heavy atom. The van der Waals surface area contributed by atoms with Gasteiger partial charge in [0.15, 0.2) is 5.16 Å². The zero-order valence-corrected chi connectivity index (χ0v) is 21.8. The molecule has 2 aliphatic rings. The molecule has 7 nitrogen and oxygen atoms in total. The van der Waals surface area contributed by atoms with E-state index in [1.807, 2.05) is 55.5 Å². The van der Waals surface area contributed by atoms with Crippen molar-refractivity contribution in [2.45, 2.75) is 56.4 Å². The van der Waals surface area contributed by atoms with E-state index in [2.05, 4.69) is 15.1 Å². The Labute approximate surface area is 217 Å². The summed E-state index contributed by atoms with van der Waals surface area (Å²) in [6.45, 7) is 6.08. The highest BCUT2D eigenvalue weighted by Crippen LogP contribution is 2.26. The van der Waals surface area contributed by atoms with Gasteiger partial charge in [0.05, 0.1) is 0 Å². The van der Waals surface area contributed by atoms with Crippen LogP contribution in [0.3, 0.4) is 0 Å². The molecular formula is C28H34N6OS. The summed E-state index contributed by atoms with van der Waals surface area (Å²) in [7, 11) is 0. The molecule has 8 heteroatoms. The van der Waals surface area contributed by atoms with Gasteiger partial charge in [-0.3, -0.25) is 4.79 Å². The number of aromatic nitrogens is 3. The molecule has 0 bridgehead atoms. The predicted octanol–water partition coefficient (Wildman–Crippen LogP) is 5.71. The highest BCUT2D eigenvalue weighted by Gasteiger charge is 2.20. The highest BCUT2D eigenvalue weighted by atomic mass is 32.2. The Morgan fingerprint density at radius 3 is 1.89 bits per heavy atom. The van der Waals surface area contributed by atoms with Gasteiger partial charge in [0.25, 0.3) is 5.91 Å². The summed E-state index contributed by atoms with van der Waals surface area (Å²) in [6, 6.07) is 15.6. The maximum atomic E-state index is 12.6. The molecule has 1 aromatic heterocycles. The van der Waals surface area contributed by atoms with Crippen molar-refractivity contribution in [2.24, 2.45) is 0 Å². The number of carbonyl (C=O) groups excluding carboxylic acids is 1. The first kappa shape index (κ1) is 24.6. The summed E-state index contributed by atoms with van der Waals surface area (Å²) in [6.07, 6.45) is 7.32. The summed E-state index contributed by atoms with van der Waals surface area (Å²) >= 11 is 1.63. The molecule has 1 N–H and O–H groups in total. The Balaban J connectivity index is 1.26. The maximum Gasteiger partial charge on any atom is 0.255 e. The summed E-state index contributed by atoms with van der Waals surface area (Å²) < 4.78 is 0. The molecule has 0 unspecified atom stereocenters. The fourth-order valence-corrected chi connectivity index (χ4v) is 5.39. The Kier molecular flexibility index (Phi) is 8.01. The lowest BCUT2D eigenvalue weighted by molar-refractivity contribution is 0.102. The fourth-order valence-electron chi connectivity index (χ4n) is 4.61. The van der Waals surface area contributed by atoms with E-state index in [4.69, 9.17) is 15.0 Å². The molecule has 36 heavy (non-hydrogen) atoms. The van der Waals surface area contributed by atoms with Crippen molar-refractivity contribution in [1.29, 1.82) is 0 Å². The number of thioether (sulfide) groups is 1. The predicted molar refractivity (Wildman–Crippen MR) is 147 cm³/mol. The quantitative estimate of drug-likeness (QED) is 0.415. The number of hydrogen-bond donors (Lipinski definition) is 1. The van der Waals surface area contributed by atoms with Gasteiger partial charge in [-0.15, -0.1) is 0 Å². The monoisotopic (exact) mass is 502 g/mol. The zero-order valence-electron chi connectivity index (χ0n) is 20.9. The summed E-state index contributed by atoms with van der Waals surface area (Å²) in [4.78, 5) is 31.8. The molecular weight excluding hydrogens is 468 g/mol. The summed E-state index contributed by atoms with van der Waals surface area (Å²) in [5.74, 6) is 2.27. The molecule has 0 radical (unpaired) electrons. The molecule has 0 spiro atoms. The molecule has 3 heterocycles. The van der Waals surface area contributed by atoms with Crippen LogP contribution in [0.1, 0.15) is 60.0 Å². The lowest BCUT2D eigenvalue weighted by Gasteiger charge is -2.30. The minimum atomic E-state index is -0.104. The van der Waals surface area contributed by atoms with E-state index in [0.29, 0.717) is 5.56 Å². The van der Waals surface area contributed by atoms with Gasteiger partial charge in [-0.05, 0) is 75.3 Å². The lowest BCUT2D eigenvalue weighted by atomic mass is 10.1. The SMILES string of the molecule is Cc1ccc(NC(=O)c2ccc(CSc3nc(N4CCCCC4)nc(N4CCCCC4)n3)cc2)cc1. The number of nitrogens with one attached hydrogen (secondary N) is 1. The van der Waals surface area contributed by atoms with Crippen molar-refractivity contribution in [1.82, 2.24) is 15.0 Å². The van der Waals surface area contributed by atoms with E-state index in [-0.39, 0.29) is 5.91 Å². The highest BCUT2D eigenvalue weighted by molar-refractivity contribution is 7.98. The molecule has 2 aromatic carbocycles. The van der Waals surface area contributed by atoms with E-state index in [0.717, 1.165) is 60.2 Å². The van der Waals surface area contributed by atoms with Crippen LogP contribution in [0.25, 0.3) is 0 Å². The van der Waals surface area contributed by atoms with Crippen LogP contribution in [-0.4, -0.2) is 47.0 Å². The first-order chi connectivity index (χ1) is 17.6. The molecule has 2 fully saturated rings. The summed E-state index contributed by atoms with van der Waals surface area (Å²) in [5.41, 5.74) is 3.74. The van der Waals surface area contributed by atoms with Crippen LogP contribution < -0.4 is 15.1 Å². The molecule has 0 atom stereocenters. The van der Waals surface area contributed by atoms with E-state index in [1.165, 1.54) is 44.1 Å². The third-order valence-corrected chi connectivity index (χ3v) is 7.68. The second-order valence-electron chi connectivity index (χ2n) is 9.62. The molecule has 5 rings (SSSR count). The molecule has 2 saturated heterocycles. The Bertz CT molecular complexity index is 1120. The van der Waals surface area contributed by atoms with E-state index >= 15 is 0 Å². The van der Waals surface area contributed by atoms with Crippen molar-refractivity contribution in [3.63, 3.8) is 0 Å². The second kappa shape index (κ2) is 11.7. The Hall–Kier alpha value is -3.13. The van der Waals surface area contributed by atoms with Crippen molar-refractivity contribution in [3.8, 4) is 0 Å². The molecule has 188 valence electrons. The van der Waals surface area contributed by atoms with Gasteiger partial charge in [0.1, 0.15) is 0 Å². The van der Waals surface area contributed by atoms with Gasteiger partial charge < -0.3 is 15.1 Å². The van der Waals surface area contributed by atoms with Gasteiger partial charge in [-0.2, -0.15) is 15.0 Å². The van der Waals surface area contributed by atoms with Crippen LogP contribution in [0.15, 0.2) is 53.7 Å². The first-order valence-electron chi connectivity index (χ1n) is 13.0. The maximum absolute atomic E-state index is 12.6. The largest absolute Gasteiger partial charge is 0.341 e. The van der Waals surface area contributed by atoms with Crippen LogP contribution in [0.4, 0.5) is 17.6 Å². The van der Waals surface area contributed by atoms with Crippen molar-refractivity contribution in [2.75, 3.05) is 41.3 Å². The van der Waals surface area contributed by atoms with Gasteiger partial charge >= 0.3 is 0 Å². The number of carbonyl (C=O) groups is 1. The van der Waals surface area contributed by atoms with Crippen molar-refractivity contribution >= 4 is 35.3 Å². The lowest BCUT2D eigenvalue weighted by Crippen LogP contribution is -2.34. The third-order valence-electron chi connectivity index (χ3n) is 6.76. The van der Waals surface area contributed by atoms with E-state index < -0.39 is 0 Å². The number of nitrogens with zero attached hydrogens (tertiary/aromatic N) is 5. The number of piperidine rings is 2. The average molecular weight is 503 g/mol. The van der Waals surface area contributed by atoms with Crippen molar-refractivity contribution in [3.05, 3.63) is 65.2 Å². The Morgan fingerprint density at radius 2 is 1.33 bits per heavy atom. The third kappa shape index (κ3) is 6.35. The van der Waals surface area contributed by atoms with Gasteiger partial charge in [-0.1, -0.05) is 41.6 Å². The number of benzene rings is 2. The van der Waals surface area contributed by atoms with E-state index in [9.17, 15) is 4.79 Å². The fraction of sp³-hybridized carbons (Fsp3) is 0.429. The van der Waals surface area contributed by atoms with Gasteiger partial charge in [0.2, 0.25) is 11.9 Å². The van der Waals surface area contributed by atoms with Crippen LogP contribution in [0.5, 0.6) is 0 Å². The van der Waals surface area contributed by atoms with Gasteiger partial charge in [-0.25, -0.2) is 0 Å². The van der Waals surface area contributed by atoms with Crippen LogP contribution >= 0.6 is 11.8 Å². The molecule has 2 aliphatic heterocycles. The number of amides is 1. The van der Waals surface area contributed by atoms with Crippen LogP contribution in [-0.2, 0) is 5.75 Å². The average Bonchev–Trinajstić information content (AvgIpc) is 2.94. The zero-order chi connectivity index (χ0) is 24.7. The number of aryl methyl sites for hydroxylation is 1. The standard InChI is InChI=1S/C28H34N6OS/c1-21-8-14-24(15-9-21)29-25(35)23-12-10-22(11-13-23)20-36-28-31-26(33-16-4-2-5-17-33)30-27(32-28)34-18-6-3-7-19-34/h8-15H,2-7,16-20H2,1H3,(H,29,35). The normalized spacial score (nSPS) is 16.1. The number of hydrogen-bond acceptors (Lipinski definition) is 7. The van der Waals surface area contributed by atoms with Crippen molar-refractivity contribution < 1.29 is 4.79 Å².